The molecule has 1 fully saturated rings. The molecule has 1 aliphatic carbocycles. The van der Waals surface area contributed by atoms with Crippen molar-refractivity contribution < 1.29 is 14.4 Å². The number of fused-ring (bicyclic) bond motifs is 1. The smallest absolute Gasteiger partial charge is 0.283 e. The van der Waals surface area contributed by atoms with E-state index in [9.17, 15) is 14.4 Å². The number of primary amides is 1. The molecule has 0 radical (unpaired) electrons. The Morgan fingerprint density at radius 1 is 1.14 bits per heavy atom. The molecule has 148 valence electrons. The Labute approximate surface area is 173 Å². The van der Waals surface area contributed by atoms with Gasteiger partial charge in [-0.2, -0.15) is 0 Å². The molecule has 2 aliphatic heterocycles. The van der Waals surface area contributed by atoms with Crippen molar-refractivity contribution in [2.75, 3.05) is 13.1 Å². The van der Waals surface area contributed by atoms with Crippen LogP contribution in [0.5, 0.6) is 0 Å². The molecule has 4 rings (SSSR count). The van der Waals surface area contributed by atoms with E-state index < -0.39 is 0 Å². The standard InChI is InChI=1S/C22H21N3O3S/c23-20(26)15-9-11-25(12-10-15)22(28)16-7-5-14(6-8-16)13-19-21(27)24-17-3-1-2-4-18(17)29-19/h1-8,13,15,18H,9-12H2,(H2,23,26)/b19-13+. The van der Waals surface area contributed by atoms with Gasteiger partial charge < -0.3 is 10.6 Å². The fourth-order valence-electron chi connectivity index (χ4n) is 3.59. The molecule has 6 nitrogen and oxygen atoms in total. The van der Waals surface area contributed by atoms with Crippen LogP contribution in [0.3, 0.4) is 0 Å². The second kappa shape index (κ2) is 8.21. The summed E-state index contributed by atoms with van der Waals surface area (Å²) in [5.41, 5.74) is 7.57. The molecule has 1 aromatic rings. The minimum atomic E-state index is -0.291. The van der Waals surface area contributed by atoms with Gasteiger partial charge in [0.05, 0.1) is 15.9 Å². The minimum Gasteiger partial charge on any atom is -0.369 e. The largest absolute Gasteiger partial charge is 0.369 e. The number of carbonyl (C=O) groups is 3. The number of piperidine rings is 1. The third-order valence-electron chi connectivity index (χ3n) is 5.29. The normalized spacial score (nSPS) is 23.1. The predicted molar refractivity (Wildman–Crippen MR) is 114 cm³/mol. The maximum atomic E-state index is 12.7. The van der Waals surface area contributed by atoms with Crippen LogP contribution in [0.15, 0.2) is 58.5 Å². The molecule has 2 N–H and O–H groups in total. The van der Waals surface area contributed by atoms with Gasteiger partial charge in [-0.15, -0.1) is 11.8 Å². The first-order valence-electron chi connectivity index (χ1n) is 9.56. The third-order valence-corrected chi connectivity index (χ3v) is 6.49. The van der Waals surface area contributed by atoms with Gasteiger partial charge in [0.1, 0.15) is 0 Å². The number of hydrogen-bond acceptors (Lipinski definition) is 4. The lowest BCUT2D eigenvalue weighted by Crippen LogP contribution is -2.41. The first-order valence-corrected chi connectivity index (χ1v) is 10.4. The molecule has 1 aromatic carbocycles. The van der Waals surface area contributed by atoms with Crippen molar-refractivity contribution in [1.82, 2.24) is 4.90 Å². The summed E-state index contributed by atoms with van der Waals surface area (Å²) in [6, 6.07) is 7.20. The number of amides is 3. The lowest BCUT2D eigenvalue weighted by Gasteiger charge is -2.30. The number of thioether (sulfide) groups is 1. The molecule has 1 atom stereocenters. The molecule has 3 aliphatic rings. The number of benzene rings is 1. The SMILES string of the molecule is NC(=O)C1CCN(C(=O)c2ccc(/C=C3/SC4C=CC=CC4=NC3=O)cc2)CC1. The lowest BCUT2D eigenvalue weighted by atomic mass is 9.96. The van der Waals surface area contributed by atoms with E-state index in [1.54, 1.807) is 17.0 Å². The van der Waals surface area contributed by atoms with E-state index in [1.807, 2.05) is 42.5 Å². The maximum Gasteiger partial charge on any atom is 0.283 e. The van der Waals surface area contributed by atoms with Crippen LogP contribution in [-0.2, 0) is 9.59 Å². The molecule has 7 heteroatoms. The fourth-order valence-corrected chi connectivity index (χ4v) is 4.64. The topological polar surface area (TPSA) is 92.8 Å². The quantitative estimate of drug-likeness (QED) is 0.780. The highest BCUT2D eigenvalue weighted by molar-refractivity contribution is 8.05. The summed E-state index contributed by atoms with van der Waals surface area (Å²) >= 11 is 1.48. The van der Waals surface area contributed by atoms with Crippen LogP contribution < -0.4 is 5.73 Å². The number of nitrogens with two attached hydrogens (primary N) is 1. The highest BCUT2D eigenvalue weighted by atomic mass is 32.2. The van der Waals surface area contributed by atoms with Crippen molar-refractivity contribution in [1.29, 1.82) is 0 Å². The Morgan fingerprint density at radius 3 is 2.55 bits per heavy atom. The molecule has 2 heterocycles. The summed E-state index contributed by atoms with van der Waals surface area (Å²) in [5.74, 6) is -0.723. The van der Waals surface area contributed by atoms with Gasteiger partial charge in [-0.3, -0.25) is 14.4 Å². The van der Waals surface area contributed by atoms with Gasteiger partial charge in [0.15, 0.2) is 0 Å². The zero-order chi connectivity index (χ0) is 20.4. The average Bonchev–Trinajstić information content (AvgIpc) is 2.74. The van der Waals surface area contributed by atoms with E-state index in [0.717, 1.165) is 11.3 Å². The van der Waals surface area contributed by atoms with Gasteiger partial charge in [-0.1, -0.05) is 30.4 Å². The Kier molecular flexibility index (Phi) is 5.49. The predicted octanol–water partition coefficient (Wildman–Crippen LogP) is 2.57. The summed E-state index contributed by atoms with van der Waals surface area (Å²) in [5, 5.41) is 0.0631. The van der Waals surface area contributed by atoms with Crippen molar-refractivity contribution in [3.8, 4) is 0 Å². The molecular weight excluding hydrogens is 386 g/mol. The summed E-state index contributed by atoms with van der Waals surface area (Å²) in [7, 11) is 0. The van der Waals surface area contributed by atoms with E-state index in [0.29, 0.717) is 36.4 Å². The van der Waals surface area contributed by atoms with E-state index in [4.69, 9.17) is 5.73 Å². The Hall–Kier alpha value is -2.93. The molecule has 29 heavy (non-hydrogen) atoms. The zero-order valence-corrected chi connectivity index (χ0v) is 16.6. The third kappa shape index (κ3) is 4.24. The van der Waals surface area contributed by atoms with Crippen molar-refractivity contribution >= 4 is 41.3 Å². The van der Waals surface area contributed by atoms with Gasteiger partial charge in [0.25, 0.3) is 11.8 Å². The van der Waals surface area contributed by atoms with Gasteiger partial charge >= 0.3 is 0 Å². The monoisotopic (exact) mass is 407 g/mol. The van der Waals surface area contributed by atoms with Crippen LogP contribution in [0.4, 0.5) is 0 Å². The van der Waals surface area contributed by atoms with Crippen LogP contribution >= 0.6 is 11.8 Å². The first kappa shape index (κ1) is 19.4. The van der Waals surface area contributed by atoms with Crippen molar-refractivity contribution in [3.63, 3.8) is 0 Å². The molecule has 1 unspecified atom stereocenters. The van der Waals surface area contributed by atoms with Crippen LogP contribution in [0.25, 0.3) is 6.08 Å². The number of allylic oxidation sites excluding steroid dienone is 3. The number of aliphatic imine (C=N–C) groups is 1. The highest BCUT2D eigenvalue weighted by Gasteiger charge is 2.27. The minimum absolute atomic E-state index is 0.0522. The van der Waals surface area contributed by atoms with E-state index in [-0.39, 0.29) is 28.9 Å². The van der Waals surface area contributed by atoms with Gasteiger partial charge in [0.2, 0.25) is 5.91 Å². The van der Waals surface area contributed by atoms with Crippen LogP contribution in [-0.4, -0.2) is 46.7 Å². The molecular formula is C22H21N3O3S. The molecule has 0 aromatic heterocycles. The van der Waals surface area contributed by atoms with Crippen molar-refractivity contribution in [3.05, 3.63) is 64.6 Å². The molecule has 0 spiro atoms. The van der Waals surface area contributed by atoms with Crippen molar-refractivity contribution in [2.24, 2.45) is 16.6 Å². The van der Waals surface area contributed by atoms with E-state index in [1.165, 1.54) is 11.8 Å². The summed E-state index contributed by atoms with van der Waals surface area (Å²) in [6.07, 6.45) is 10.7. The number of rotatable bonds is 3. The lowest BCUT2D eigenvalue weighted by molar-refractivity contribution is -0.123. The maximum absolute atomic E-state index is 12.7. The van der Waals surface area contributed by atoms with Crippen molar-refractivity contribution in [2.45, 2.75) is 18.1 Å². The second-order valence-electron chi connectivity index (χ2n) is 7.22. The summed E-state index contributed by atoms with van der Waals surface area (Å²) < 4.78 is 0. The molecule has 3 amide bonds. The summed E-state index contributed by atoms with van der Waals surface area (Å²) in [4.78, 5) is 42.8. The Morgan fingerprint density at radius 2 is 1.86 bits per heavy atom. The second-order valence-corrected chi connectivity index (χ2v) is 8.41. The van der Waals surface area contributed by atoms with Crippen LogP contribution in [0.1, 0.15) is 28.8 Å². The Balaban J connectivity index is 1.44. The van der Waals surface area contributed by atoms with Gasteiger partial charge in [0, 0.05) is 24.6 Å². The van der Waals surface area contributed by atoms with E-state index in [2.05, 4.69) is 4.99 Å². The molecule has 0 bridgehead atoms. The number of nitrogens with zero attached hydrogens (tertiary/aromatic N) is 2. The van der Waals surface area contributed by atoms with Crippen LogP contribution in [0.2, 0.25) is 0 Å². The number of likely N-dealkylation sites (tertiary alicyclic amines) is 1. The molecule has 1 saturated heterocycles. The highest BCUT2D eigenvalue weighted by Crippen LogP contribution is 2.33. The van der Waals surface area contributed by atoms with Crippen LogP contribution in [0, 0.1) is 5.92 Å². The van der Waals surface area contributed by atoms with Gasteiger partial charge in [-0.05, 0) is 42.7 Å². The number of carbonyl (C=O) groups excluding carboxylic acids is 3. The molecule has 0 saturated carbocycles. The van der Waals surface area contributed by atoms with Gasteiger partial charge in [-0.25, -0.2) is 4.99 Å². The average molecular weight is 407 g/mol. The van der Waals surface area contributed by atoms with E-state index >= 15 is 0 Å². The number of hydrogen-bond donors (Lipinski definition) is 1. The summed E-state index contributed by atoms with van der Waals surface area (Å²) in [6.45, 7) is 1.07. The zero-order valence-electron chi connectivity index (χ0n) is 15.8. The first-order chi connectivity index (χ1) is 14.0. The fraction of sp³-hybridized carbons (Fsp3) is 0.273. The Bertz CT molecular complexity index is 968.